The molecule has 0 saturated carbocycles. The summed E-state index contributed by atoms with van der Waals surface area (Å²) in [5.41, 5.74) is 1.07. The zero-order valence-corrected chi connectivity index (χ0v) is 18.2. The van der Waals surface area contributed by atoms with E-state index >= 15 is 0 Å². The highest BCUT2D eigenvalue weighted by Gasteiger charge is 2.15. The molecule has 2 heterocycles. The van der Waals surface area contributed by atoms with Crippen LogP contribution in [0.4, 0.5) is 5.82 Å². The van der Waals surface area contributed by atoms with E-state index in [0.717, 1.165) is 18.3 Å². The van der Waals surface area contributed by atoms with Gasteiger partial charge in [0.1, 0.15) is 0 Å². The van der Waals surface area contributed by atoms with Gasteiger partial charge < -0.3 is 5.32 Å². The Morgan fingerprint density at radius 1 is 1.21 bits per heavy atom. The zero-order valence-electron chi connectivity index (χ0n) is 11.9. The summed E-state index contributed by atoms with van der Waals surface area (Å²) in [4.78, 5) is 12.9. The second-order valence-corrected chi connectivity index (χ2v) is 9.35. The number of anilines is 1. The van der Waals surface area contributed by atoms with Crippen molar-refractivity contribution < 1.29 is 4.79 Å². The first-order chi connectivity index (χ1) is 11.4. The van der Waals surface area contributed by atoms with Gasteiger partial charge in [0.15, 0.2) is 5.82 Å². The van der Waals surface area contributed by atoms with Crippen LogP contribution in [0.5, 0.6) is 0 Å². The van der Waals surface area contributed by atoms with E-state index in [4.69, 9.17) is 11.6 Å². The first-order valence-electron chi connectivity index (χ1n) is 6.66. The maximum absolute atomic E-state index is 12.3. The van der Waals surface area contributed by atoms with Crippen LogP contribution < -0.4 is 5.32 Å². The largest absolute Gasteiger partial charge is 0.303 e. The molecule has 0 aliphatic heterocycles. The number of halogens is 4. The number of aromatic nitrogens is 2. The smallest absolute Gasteiger partial charge is 0.267 e. The van der Waals surface area contributed by atoms with Crippen molar-refractivity contribution in [2.75, 3.05) is 5.32 Å². The summed E-state index contributed by atoms with van der Waals surface area (Å²) in [5, 5.41) is 7.92. The minimum Gasteiger partial charge on any atom is -0.303 e. The van der Waals surface area contributed by atoms with Crippen molar-refractivity contribution in [3.05, 3.63) is 64.7 Å². The van der Waals surface area contributed by atoms with Gasteiger partial charge in [0.25, 0.3) is 5.91 Å². The minimum atomic E-state index is -0.205. The number of nitrogens with zero attached hydrogens (tertiary/aromatic N) is 2. The summed E-state index contributed by atoms with van der Waals surface area (Å²) in [6.07, 6.45) is 1.82. The predicted molar refractivity (Wildman–Crippen MR) is 108 cm³/mol. The number of benzene rings is 1. The maximum Gasteiger partial charge on any atom is 0.267 e. The van der Waals surface area contributed by atoms with Crippen molar-refractivity contribution >= 4 is 82.5 Å². The number of carbonyl (C=O) groups is 1. The molecule has 0 spiro atoms. The molecule has 0 radical (unpaired) electrons. The van der Waals surface area contributed by atoms with Gasteiger partial charge in [-0.1, -0.05) is 23.7 Å². The number of nitrogens with one attached hydrogen (secondary N) is 1. The van der Waals surface area contributed by atoms with Gasteiger partial charge in [-0.25, -0.2) is 0 Å². The lowest BCUT2D eigenvalue weighted by Gasteiger charge is -2.02. The molecule has 0 saturated heterocycles. The van der Waals surface area contributed by atoms with Crippen molar-refractivity contribution in [1.29, 1.82) is 0 Å². The molecule has 1 N–H and O–H groups in total. The second kappa shape index (κ2) is 7.70. The van der Waals surface area contributed by atoms with E-state index in [1.54, 1.807) is 10.7 Å². The standard InChI is InChI=1S/C15H9Br3ClN3OS/c16-10-5-12(24-13(10)18)15(23)20-14-11(17)7-22(21-14)6-8-1-3-9(19)4-2-8/h1-5,7H,6H2,(H,20,21,23). The molecule has 124 valence electrons. The lowest BCUT2D eigenvalue weighted by atomic mass is 10.2. The third-order valence-corrected chi connectivity index (χ3v) is 7.16. The minimum absolute atomic E-state index is 0.205. The van der Waals surface area contributed by atoms with Crippen molar-refractivity contribution in [2.24, 2.45) is 0 Å². The Kier molecular flexibility index (Phi) is 5.82. The van der Waals surface area contributed by atoms with E-state index in [-0.39, 0.29) is 5.91 Å². The Balaban J connectivity index is 1.74. The summed E-state index contributed by atoms with van der Waals surface area (Å²) < 4.78 is 4.20. The molecule has 3 aromatic rings. The number of hydrogen-bond acceptors (Lipinski definition) is 3. The number of rotatable bonds is 4. The number of thiophene rings is 1. The van der Waals surface area contributed by atoms with E-state index in [1.165, 1.54) is 11.3 Å². The Hall–Kier alpha value is -0.670. The van der Waals surface area contributed by atoms with E-state index in [9.17, 15) is 4.79 Å². The molecule has 24 heavy (non-hydrogen) atoms. The fourth-order valence-electron chi connectivity index (χ4n) is 1.97. The number of hydrogen-bond donors (Lipinski definition) is 1. The normalized spacial score (nSPS) is 10.8. The van der Waals surface area contributed by atoms with Crippen LogP contribution in [0.2, 0.25) is 5.02 Å². The average Bonchev–Trinajstić information content (AvgIpc) is 3.05. The monoisotopic (exact) mass is 551 g/mol. The highest BCUT2D eigenvalue weighted by Crippen LogP contribution is 2.33. The Morgan fingerprint density at radius 2 is 1.92 bits per heavy atom. The summed E-state index contributed by atoms with van der Waals surface area (Å²) in [6, 6.07) is 9.33. The number of amides is 1. The average molecular weight is 554 g/mol. The zero-order chi connectivity index (χ0) is 17.3. The third-order valence-electron chi connectivity index (χ3n) is 3.08. The predicted octanol–water partition coefficient (Wildman–Crippen LogP) is 6.19. The molecule has 0 aliphatic carbocycles. The van der Waals surface area contributed by atoms with Crippen molar-refractivity contribution in [2.45, 2.75) is 6.54 Å². The van der Waals surface area contributed by atoms with E-state index in [2.05, 4.69) is 58.2 Å². The topological polar surface area (TPSA) is 46.9 Å². The molecule has 1 amide bonds. The molecular formula is C15H9Br3ClN3OS. The molecule has 3 rings (SSSR count). The summed E-state index contributed by atoms with van der Waals surface area (Å²) >= 11 is 17.4. The van der Waals surface area contributed by atoms with Crippen LogP contribution in [0.1, 0.15) is 15.2 Å². The van der Waals surface area contributed by atoms with Crippen LogP contribution in [0, 0.1) is 0 Å². The fraction of sp³-hybridized carbons (Fsp3) is 0.0667. The number of carbonyl (C=O) groups excluding carboxylic acids is 1. The summed E-state index contributed by atoms with van der Waals surface area (Å²) in [6.45, 7) is 0.585. The van der Waals surface area contributed by atoms with Crippen LogP contribution in [0.15, 0.2) is 49.3 Å². The first kappa shape index (κ1) is 18.1. The summed E-state index contributed by atoms with van der Waals surface area (Å²) in [7, 11) is 0. The SMILES string of the molecule is O=C(Nc1nn(Cc2ccc(Cl)cc2)cc1Br)c1cc(Br)c(Br)s1. The quantitative estimate of drug-likeness (QED) is 0.419. The van der Waals surface area contributed by atoms with E-state index in [1.807, 2.05) is 30.5 Å². The lowest BCUT2D eigenvalue weighted by molar-refractivity contribution is 0.103. The highest BCUT2D eigenvalue weighted by molar-refractivity contribution is 9.13. The molecule has 0 bridgehead atoms. The van der Waals surface area contributed by atoms with Gasteiger partial charge >= 0.3 is 0 Å². The molecule has 0 atom stereocenters. The Bertz CT molecular complexity index is 873. The van der Waals surface area contributed by atoms with E-state index in [0.29, 0.717) is 22.3 Å². The molecule has 1 aromatic carbocycles. The summed E-state index contributed by atoms with van der Waals surface area (Å²) in [5.74, 6) is 0.276. The van der Waals surface area contributed by atoms with Gasteiger partial charge in [-0.3, -0.25) is 9.48 Å². The fourth-order valence-corrected chi connectivity index (χ4v) is 4.44. The molecular weight excluding hydrogens is 545 g/mol. The van der Waals surface area contributed by atoms with Gasteiger partial charge in [-0.05, 0) is 71.6 Å². The van der Waals surface area contributed by atoms with Crippen molar-refractivity contribution in [1.82, 2.24) is 9.78 Å². The van der Waals surface area contributed by atoms with Gasteiger partial charge in [-0.15, -0.1) is 11.3 Å². The molecule has 4 nitrogen and oxygen atoms in total. The van der Waals surface area contributed by atoms with Crippen molar-refractivity contribution in [3.8, 4) is 0 Å². The van der Waals surface area contributed by atoms with Crippen LogP contribution in [0.25, 0.3) is 0 Å². The van der Waals surface area contributed by atoms with Gasteiger partial charge in [0, 0.05) is 15.7 Å². The van der Waals surface area contributed by atoms with Gasteiger partial charge in [0.05, 0.1) is 19.7 Å². The lowest BCUT2D eigenvalue weighted by Crippen LogP contribution is -2.11. The maximum atomic E-state index is 12.3. The second-order valence-electron chi connectivity index (χ2n) is 4.84. The van der Waals surface area contributed by atoms with Crippen LogP contribution in [-0.4, -0.2) is 15.7 Å². The Morgan fingerprint density at radius 3 is 2.54 bits per heavy atom. The van der Waals surface area contributed by atoms with Gasteiger partial charge in [-0.2, -0.15) is 5.10 Å². The Labute approximate surface area is 172 Å². The molecule has 0 fully saturated rings. The van der Waals surface area contributed by atoms with Crippen molar-refractivity contribution in [3.63, 3.8) is 0 Å². The van der Waals surface area contributed by atoms with Gasteiger partial charge in [0.2, 0.25) is 0 Å². The van der Waals surface area contributed by atoms with E-state index < -0.39 is 0 Å². The highest BCUT2D eigenvalue weighted by atomic mass is 79.9. The third kappa shape index (κ3) is 4.29. The van der Waals surface area contributed by atoms with Crippen LogP contribution in [-0.2, 0) is 6.54 Å². The molecule has 0 unspecified atom stereocenters. The first-order valence-corrected chi connectivity index (χ1v) is 10.2. The molecule has 0 aliphatic rings. The van der Waals surface area contributed by atoms with Crippen LogP contribution >= 0.6 is 70.7 Å². The molecule has 9 heteroatoms. The van der Waals surface area contributed by atoms with Crippen LogP contribution in [0.3, 0.4) is 0 Å². The molecule has 2 aromatic heterocycles.